The van der Waals surface area contributed by atoms with E-state index in [0.29, 0.717) is 42.2 Å². The van der Waals surface area contributed by atoms with Gasteiger partial charge in [0.15, 0.2) is 0 Å². The van der Waals surface area contributed by atoms with Gasteiger partial charge in [0, 0.05) is 43.4 Å². The molecule has 1 saturated heterocycles. The molecule has 0 saturated carbocycles. The maximum atomic E-state index is 13.9. The van der Waals surface area contributed by atoms with Gasteiger partial charge in [-0.25, -0.2) is 9.37 Å². The Morgan fingerprint density at radius 1 is 1.25 bits per heavy atom. The molecule has 1 aromatic carbocycles. The Morgan fingerprint density at radius 2 is 2.00 bits per heavy atom. The second kappa shape index (κ2) is 7.66. The molecule has 3 heterocycles. The first-order valence-corrected chi connectivity index (χ1v) is 10.3. The molecule has 1 unspecified atom stereocenters. The van der Waals surface area contributed by atoms with Crippen LogP contribution >= 0.6 is 0 Å². The zero-order valence-electron chi connectivity index (χ0n) is 16.9. The Bertz CT molecular complexity index is 854. The molecule has 5 nitrogen and oxygen atoms in total. The van der Waals surface area contributed by atoms with E-state index in [1.807, 2.05) is 11.2 Å². The van der Waals surface area contributed by atoms with Crippen LogP contribution in [0, 0.1) is 18.7 Å². The number of nitrogens with one attached hydrogen (secondary N) is 1. The van der Waals surface area contributed by atoms with E-state index in [1.54, 1.807) is 19.1 Å². The Kier molecular flexibility index (Phi) is 5.23. The van der Waals surface area contributed by atoms with Gasteiger partial charge in [-0.05, 0) is 57.2 Å². The van der Waals surface area contributed by atoms with Crippen molar-refractivity contribution in [1.29, 1.82) is 0 Å². The summed E-state index contributed by atoms with van der Waals surface area (Å²) in [6, 6.07) is 5.54. The summed E-state index contributed by atoms with van der Waals surface area (Å²) in [6.45, 7) is 8.66. The molecule has 2 aromatic rings. The summed E-state index contributed by atoms with van der Waals surface area (Å²) in [5, 5.41) is 0. The van der Waals surface area contributed by atoms with Crippen LogP contribution in [0.5, 0.6) is 0 Å². The lowest BCUT2D eigenvalue weighted by Gasteiger charge is -2.44. The summed E-state index contributed by atoms with van der Waals surface area (Å²) in [5.74, 6) is 0.0901. The number of benzene rings is 1. The topological polar surface area (TPSA) is 52.2 Å². The van der Waals surface area contributed by atoms with Crippen molar-refractivity contribution in [2.24, 2.45) is 5.92 Å². The van der Waals surface area contributed by atoms with Crippen LogP contribution in [0.1, 0.15) is 60.0 Å². The summed E-state index contributed by atoms with van der Waals surface area (Å²) >= 11 is 0. The molecule has 0 bridgehead atoms. The van der Waals surface area contributed by atoms with E-state index >= 15 is 0 Å². The van der Waals surface area contributed by atoms with Crippen molar-refractivity contribution in [3.05, 3.63) is 52.9 Å². The minimum atomic E-state index is -0.318. The molecular formula is C22H29FN4O. The number of piperidine rings is 1. The number of likely N-dealkylation sites (tertiary alicyclic amines) is 1. The van der Waals surface area contributed by atoms with Gasteiger partial charge in [-0.1, -0.05) is 6.07 Å². The average Bonchev–Trinajstić information content (AvgIpc) is 3.17. The number of carbonyl (C=O) groups is 1. The van der Waals surface area contributed by atoms with Crippen LogP contribution in [0.25, 0.3) is 0 Å². The van der Waals surface area contributed by atoms with Crippen molar-refractivity contribution in [2.45, 2.75) is 52.1 Å². The molecule has 28 heavy (non-hydrogen) atoms. The number of aromatic amines is 1. The average molecular weight is 384 g/mol. The second-order valence-electron chi connectivity index (χ2n) is 8.39. The molecule has 1 aromatic heterocycles. The van der Waals surface area contributed by atoms with E-state index < -0.39 is 0 Å². The fourth-order valence-corrected chi connectivity index (χ4v) is 4.72. The minimum absolute atomic E-state index is 0.0674. The van der Waals surface area contributed by atoms with E-state index in [4.69, 9.17) is 0 Å². The van der Waals surface area contributed by atoms with Crippen LogP contribution in [0.3, 0.4) is 0 Å². The Balaban J connectivity index is 1.47. The first-order valence-electron chi connectivity index (χ1n) is 10.3. The first-order chi connectivity index (χ1) is 13.5. The van der Waals surface area contributed by atoms with E-state index in [-0.39, 0.29) is 11.7 Å². The first kappa shape index (κ1) is 19.1. The van der Waals surface area contributed by atoms with Gasteiger partial charge in [0.05, 0.1) is 18.1 Å². The number of H-pyrrole nitrogens is 1. The number of hydrogen-bond acceptors (Lipinski definition) is 3. The molecule has 4 rings (SSSR count). The van der Waals surface area contributed by atoms with Gasteiger partial charge in [-0.3, -0.25) is 9.69 Å². The predicted molar refractivity (Wildman–Crippen MR) is 107 cm³/mol. The van der Waals surface area contributed by atoms with Crippen LogP contribution in [0.4, 0.5) is 4.39 Å². The summed E-state index contributed by atoms with van der Waals surface area (Å²) in [7, 11) is 0. The van der Waals surface area contributed by atoms with Gasteiger partial charge in [0.1, 0.15) is 5.82 Å². The zero-order valence-corrected chi connectivity index (χ0v) is 16.9. The molecule has 2 aliphatic heterocycles. The largest absolute Gasteiger partial charge is 0.348 e. The molecular weight excluding hydrogens is 355 g/mol. The van der Waals surface area contributed by atoms with Crippen LogP contribution in [-0.4, -0.2) is 51.4 Å². The highest BCUT2D eigenvalue weighted by Crippen LogP contribution is 2.39. The third-order valence-corrected chi connectivity index (χ3v) is 6.36. The lowest BCUT2D eigenvalue weighted by Crippen LogP contribution is -2.47. The molecule has 1 N–H and O–H groups in total. The summed E-state index contributed by atoms with van der Waals surface area (Å²) in [6.07, 6.45) is 4.72. The van der Waals surface area contributed by atoms with Crippen LogP contribution in [0.2, 0.25) is 0 Å². The quantitative estimate of drug-likeness (QED) is 0.878. The highest BCUT2D eigenvalue weighted by atomic mass is 19.1. The normalized spacial score (nSPS) is 21.2. The number of aryl methyl sites for hydroxylation is 1. The smallest absolute Gasteiger partial charge is 0.253 e. The number of amides is 1. The molecule has 1 atom stereocenters. The SMILES string of the molecule is Cc1ccc(C(=O)N2CCC(C3c4nc[nH]c4CCN3C(C)C)CC2)cc1F. The van der Waals surface area contributed by atoms with Gasteiger partial charge in [0.2, 0.25) is 0 Å². The highest BCUT2D eigenvalue weighted by molar-refractivity contribution is 5.94. The van der Waals surface area contributed by atoms with Gasteiger partial charge < -0.3 is 9.88 Å². The fraction of sp³-hybridized carbons (Fsp3) is 0.545. The molecule has 1 amide bonds. The van der Waals surface area contributed by atoms with Crippen molar-refractivity contribution < 1.29 is 9.18 Å². The maximum Gasteiger partial charge on any atom is 0.253 e. The van der Waals surface area contributed by atoms with Gasteiger partial charge in [0.25, 0.3) is 5.91 Å². The number of fused-ring (bicyclic) bond motifs is 1. The molecule has 0 aliphatic carbocycles. The monoisotopic (exact) mass is 384 g/mol. The molecule has 1 fully saturated rings. The molecule has 0 spiro atoms. The fourth-order valence-electron chi connectivity index (χ4n) is 4.72. The Morgan fingerprint density at radius 3 is 2.68 bits per heavy atom. The highest BCUT2D eigenvalue weighted by Gasteiger charge is 2.38. The predicted octanol–water partition coefficient (Wildman–Crippen LogP) is 3.72. The number of aromatic nitrogens is 2. The third kappa shape index (κ3) is 3.46. The van der Waals surface area contributed by atoms with E-state index in [2.05, 4.69) is 28.7 Å². The third-order valence-electron chi connectivity index (χ3n) is 6.36. The van der Waals surface area contributed by atoms with Crippen molar-refractivity contribution in [1.82, 2.24) is 19.8 Å². The summed E-state index contributed by atoms with van der Waals surface area (Å²) < 4.78 is 13.9. The van der Waals surface area contributed by atoms with E-state index in [9.17, 15) is 9.18 Å². The van der Waals surface area contributed by atoms with Crippen molar-refractivity contribution in [3.63, 3.8) is 0 Å². The van der Waals surface area contributed by atoms with Crippen molar-refractivity contribution in [3.8, 4) is 0 Å². The summed E-state index contributed by atoms with van der Waals surface area (Å²) in [5.41, 5.74) is 3.45. The summed E-state index contributed by atoms with van der Waals surface area (Å²) in [4.78, 5) is 25.2. The van der Waals surface area contributed by atoms with Crippen LogP contribution < -0.4 is 0 Å². The van der Waals surface area contributed by atoms with Gasteiger partial charge >= 0.3 is 0 Å². The number of carbonyl (C=O) groups excluding carboxylic acids is 1. The van der Waals surface area contributed by atoms with Crippen LogP contribution in [-0.2, 0) is 6.42 Å². The van der Waals surface area contributed by atoms with Crippen LogP contribution in [0.15, 0.2) is 24.5 Å². The van der Waals surface area contributed by atoms with Crippen molar-refractivity contribution in [2.75, 3.05) is 19.6 Å². The molecule has 2 aliphatic rings. The second-order valence-corrected chi connectivity index (χ2v) is 8.39. The number of nitrogens with zero attached hydrogens (tertiary/aromatic N) is 3. The molecule has 0 radical (unpaired) electrons. The zero-order chi connectivity index (χ0) is 19.8. The van der Waals surface area contributed by atoms with Gasteiger partial charge in [-0.2, -0.15) is 0 Å². The lowest BCUT2D eigenvalue weighted by atomic mass is 9.83. The van der Waals surface area contributed by atoms with E-state index in [1.165, 1.54) is 17.5 Å². The number of hydrogen-bond donors (Lipinski definition) is 1. The van der Waals surface area contributed by atoms with Gasteiger partial charge in [-0.15, -0.1) is 0 Å². The minimum Gasteiger partial charge on any atom is -0.348 e. The standard InChI is InChI=1S/C22H29FN4O/c1-14(2)27-11-8-19-20(25-13-24-19)21(27)16-6-9-26(10-7-16)22(28)17-5-4-15(3)18(23)12-17/h4-5,12-14,16,21H,6-11H2,1-3H3,(H,24,25). The number of rotatable bonds is 3. The van der Waals surface area contributed by atoms with Crippen molar-refractivity contribution >= 4 is 5.91 Å². The Labute approximate surface area is 165 Å². The number of halogens is 1. The molecule has 6 heteroatoms. The Hall–Kier alpha value is -2.21. The van der Waals surface area contributed by atoms with E-state index in [0.717, 1.165) is 25.8 Å². The lowest BCUT2D eigenvalue weighted by molar-refractivity contribution is 0.0457. The molecule has 150 valence electrons. The number of imidazole rings is 1. The maximum absolute atomic E-state index is 13.9.